The summed E-state index contributed by atoms with van der Waals surface area (Å²) in [5.74, 6) is -0.606. The lowest BCUT2D eigenvalue weighted by Crippen LogP contribution is -2.25. The predicted octanol–water partition coefficient (Wildman–Crippen LogP) is 2.80. The Morgan fingerprint density at radius 1 is 1.28 bits per heavy atom. The number of fused-ring (bicyclic) bond motifs is 1. The number of rotatable bonds is 4. The Labute approximate surface area is 109 Å². The highest BCUT2D eigenvalue weighted by Crippen LogP contribution is 2.15. The average Bonchev–Trinajstić information content (AvgIpc) is 2.34. The third kappa shape index (κ3) is 2.48. The first-order valence-electron chi connectivity index (χ1n) is 5.96. The molecule has 0 spiro atoms. The van der Waals surface area contributed by atoms with Crippen molar-refractivity contribution in [2.75, 3.05) is 0 Å². The molecule has 0 fully saturated rings. The molecule has 0 unspecified atom stereocenters. The van der Waals surface area contributed by atoms with E-state index < -0.39 is 11.4 Å². The van der Waals surface area contributed by atoms with Crippen molar-refractivity contribution >= 4 is 22.5 Å². The van der Waals surface area contributed by atoms with Gasteiger partial charge >= 0.3 is 11.4 Å². The highest BCUT2D eigenvalue weighted by atomic mass is 35.5. The Bertz CT molecular complexity index is 672. The van der Waals surface area contributed by atoms with Gasteiger partial charge in [-0.15, -0.1) is 0 Å². The van der Waals surface area contributed by atoms with Crippen molar-refractivity contribution in [2.24, 2.45) is 0 Å². The van der Waals surface area contributed by atoms with Crippen molar-refractivity contribution in [1.82, 2.24) is 4.57 Å². The van der Waals surface area contributed by atoms with Gasteiger partial charge in [-0.3, -0.25) is 4.57 Å². The monoisotopic (exact) mass is 267 g/mol. The van der Waals surface area contributed by atoms with Gasteiger partial charge in [-0.05, 0) is 24.6 Å². The lowest BCUT2D eigenvalue weighted by Gasteiger charge is -2.07. The van der Waals surface area contributed by atoms with Crippen molar-refractivity contribution in [3.05, 3.63) is 44.2 Å². The summed E-state index contributed by atoms with van der Waals surface area (Å²) in [5, 5.41) is 0.798. The van der Waals surface area contributed by atoms with Crippen LogP contribution in [0.2, 0.25) is 5.02 Å². The van der Waals surface area contributed by atoms with E-state index in [0.29, 0.717) is 22.5 Å². The normalized spacial score (nSPS) is 11.0. The molecule has 0 saturated carbocycles. The second kappa shape index (κ2) is 5.40. The lowest BCUT2D eigenvalue weighted by molar-refractivity contribution is 0.410. The van der Waals surface area contributed by atoms with Gasteiger partial charge < -0.3 is 4.42 Å². The molecule has 2 rings (SSSR count). The van der Waals surface area contributed by atoms with Crippen molar-refractivity contribution < 1.29 is 4.42 Å². The molecule has 0 aliphatic carbocycles. The van der Waals surface area contributed by atoms with E-state index in [2.05, 4.69) is 6.92 Å². The van der Waals surface area contributed by atoms with Gasteiger partial charge in [0.1, 0.15) is 0 Å². The number of hydrogen-bond donors (Lipinski definition) is 0. The molecule has 4 nitrogen and oxygen atoms in total. The fraction of sp³-hybridized carbons (Fsp3) is 0.385. The van der Waals surface area contributed by atoms with Crippen LogP contribution in [0.1, 0.15) is 26.2 Å². The van der Waals surface area contributed by atoms with Crippen molar-refractivity contribution in [1.29, 1.82) is 0 Å². The van der Waals surface area contributed by atoms with Gasteiger partial charge in [0.25, 0.3) is 0 Å². The van der Waals surface area contributed by atoms with Gasteiger partial charge in [-0.25, -0.2) is 9.59 Å². The number of nitrogens with zero attached hydrogens (tertiary/aromatic N) is 1. The first-order valence-corrected chi connectivity index (χ1v) is 6.34. The lowest BCUT2D eigenvalue weighted by atomic mass is 10.2. The third-order valence-corrected chi connectivity index (χ3v) is 3.09. The van der Waals surface area contributed by atoms with Crippen LogP contribution in [-0.2, 0) is 6.54 Å². The van der Waals surface area contributed by atoms with Crippen LogP contribution in [0.5, 0.6) is 0 Å². The van der Waals surface area contributed by atoms with Gasteiger partial charge in [-0.2, -0.15) is 0 Å². The van der Waals surface area contributed by atoms with Crippen molar-refractivity contribution in [2.45, 2.75) is 32.7 Å². The average molecular weight is 268 g/mol. The number of halogens is 1. The molecule has 0 atom stereocenters. The fourth-order valence-electron chi connectivity index (χ4n) is 1.93. The predicted molar refractivity (Wildman–Crippen MR) is 71.3 cm³/mol. The molecule has 1 aromatic carbocycles. The summed E-state index contributed by atoms with van der Waals surface area (Å²) < 4.78 is 6.19. The summed E-state index contributed by atoms with van der Waals surface area (Å²) >= 11 is 5.84. The maximum absolute atomic E-state index is 11.7. The Balaban J connectivity index is 2.58. The van der Waals surface area contributed by atoms with E-state index in [1.165, 1.54) is 10.6 Å². The van der Waals surface area contributed by atoms with Crippen molar-refractivity contribution in [3.63, 3.8) is 0 Å². The quantitative estimate of drug-likeness (QED) is 0.801. The van der Waals surface area contributed by atoms with E-state index in [1.807, 2.05) is 0 Å². The van der Waals surface area contributed by atoms with Crippen LogP contribution in [0, 0.1) is 0 Å². The molecule has 0 saturated heterocycles. The van der Waals surface area contributed by atoms with E-state index in [1.54, 1.807) is 12.1 Å². The fourth-order valence-corrected chi connectivity index (χ4v) is 2.10. The summed E-state index contributed by atoms with van der Waals surface area (Å²) in [6, 6.07) is 4.87. The number of benzene rings is 1. The topological polar surface area (TPSA) is 52.2 Å². The van der Waals surface area contributed by atoms with E-state index in [4.69, 9.17) is 16.0 Å². The summed E-state index contributed by atoms with van der Waals surface area (Å²) in [6.07, 6.45) is 2.97. The standard InChI is InChI=1S/C13H14ClNO3/c1-2-3-4-7-15-11-6-5-9(14)8-10(11)12(16)18-13(15)17/h5-6,8H,2-4,7H2,1H3. The maximum Gasteiger partial charge on any atom is 0.422 e. The molecule has 0 radical (unpaired) electrons. The number of unbranched alkanes of at least 4 members (excludes halogenated alkanes) is 2. The van der Waals surface area contributed by atoms with Gasteiger partial charge in [0.05, 0.1) is 10.9 Å². The second-order valence-electron chi connectivity index (χ2n) is 4.18. The molecule has 5 heteroatoms. The summed E-state index contributed by atoms with van der Waals surface area (Å²) in [4.78, 5) is 23.3. The number of aryl methyl sites for hydroxylation is 1. The van der Waals surface area contributed by atoms with Crippen molar-refractivity contribution in [3.8, 4) is 0 Å². The second-order valence-corrected chi connectivity index (χ2v) is 4.61. The third-order valence-electron chi connectivity index (χ3n) is 2.85. The molecule has 0 aliphatic rings. The van der Waals surface area contributed by atoms with Crippen LogP contribution in [-0.4, -0.2) is 4.57 Å². The first-order chi connectivity index (χ1) is 8.63. The van der Waals surface area contributed by atoms with Crippen LogP contribution >= 0.6 is 11.6 Å². The molecule has 2 aromatic rings. The van der Waals surface area contributed by atoms with Crippen LogP contribution in [0.3, 0.4) is 0 Å². The zero-order chi connectivity index (χ0) is 13.1. The molecule has 1 heterocycles. The zero-order valence-corrected chi connectivity index (χ0v) is 10.9. The van der Waals surface area contributed by atoms with E-state index in [-0.39, 0.29) is 0 Å². The minimum Gasteiger partial charge on any atom is -0.372 e. The highest BCUT2D eigenvalue weighted by Gasteiger charge is 2.09. The molecule has 1 aromatic heterocycles. The smallest absolute Gasteiger partial charge is 0.372 e. The molecule has 96 valence electrons. The molecular weight excluding hydrogens is 254 g/mol. The molecule has 0 N–H and O–H groups in total. The SMILES string of the molecule is CCCCCn1c(=O)oc(=O)c2cc(Cl)ccc21. The zero-order valence-electron chi connectivity index (χ0n) is 10.1. The largest absolute Gasteiger partial charge is 0.422 e. The summed E-state index contributed by atoms with van der Waals surface area (Å²) in [7, 11) is 0. The Morgan fingerprint density at radius 3 is 2.78 bits per heavy atom. The van der Waals surface area contributed by atoms with Gasteiger partial charge in [0.15, 0.2) is 0 Å². The van der Waals surface area contributed by atoms with Gasteiger partial charge in [0.2, 0.25) is 0 Å². The molecule has 18 heavy (non-hydrogen) atoms. The van der Waals surface area contributed by atoms with E-state index in [9.17, 15) is 9.59 Å². The summed E-state index contributed by atoms with van der Waals surface area (Å²) in [5.41, 5.74) is -0.0546. The minimum atomic E-state index is -0.635. The van der Waals surface area contributed by atoms with Gasteiger partial charge in [0, 0.05) is 11.6 Å². The summed E-state index contributed by atoms with van der Waals surface area (Å²) in [6.45, 7) is 2.64. The van der Waals surface area contributed by atoms with Crippen LogP contribution in [0.25, 0.3) is 10.9 Å². The first kappa shape index (κ1) is 12.9. The van der Waals surface area contributed by atoms with Gasteiger partial charge in [-0.1, -0.05) is 31.4 Å². The molecule has 0 amide bonds. The Kier molecular flexibility index (Phi) is 3.87. The molecule has 0 bridgehead atoms. The number of aromatic nitrogens is 1. The molecular formula is C13H14ClNO3. The van der Waals surface area contributed by atoms with Crippen LogP contribution in [0.15, 0.2) is 32.2 Å². The Hall–Kier alpha value is -1.55. The van der Waals surface area contributed by atoms with Crippen LogP contribution < -0.4 is 11.4 Å². The number of hydrogen-bond acceptors (Lipinski definition) is 3. The Morgan fingerprint density at radius 2 is 2.06 bits per heavy atom. The minimum absolute atomic E-state index is 0.346. The maximum atomic E-state index is 11.7. The van der Waals surface area contributed by atoms with E-state index in [0.717, 1.165) is 19.3 Å². The molecule has 0 aliphatic heterocycles. The van der Waals surface area contributed by atoms with E-state index >= 15 is 0 Å². The van der Waals surface area contributed by atoms with Crippen LogP contribution in [0.4, 0.5) is 0 Å². The highest BCUT2D eigenvalue weighted by molar-refractivity contribution is 6.31.